The molecular formula is C32H22N2. The number of aromatic amines is 1. The largest absolute Gasteiger partial charge is 0.354 e. The summed E-state index contributed by atoms with van der Waals surface area (Å²) in [5.74, 6) is 0. The first-order chi connectivity index (χ1) is 16.8. The number of nitrogens with one attached hydrogen (secondary N) is 1. The number of aryl methyl sites for hydroxylation is 1. The van der Waals surface area contributed by atoms with Crippen LogP contribution in [0.5, 0.6) is 0 Å². The summed E-state index contributed by atoms with van der Waals surface area (Å²) >= 11 is 0. The molecule has 0 amide bonds. The standard InChI is InChI=1S/C32H22N2/c1-2-11-23(12-3-1)34-31-19-27-26-16-21-9-4-5-10-22(21)17-29(26)33-30(27)18-28(31)25-15-14-20-8-6-7-13-24(20)32(25)34/h1-4,6-9,11-19,33H,5,10H2. The molecule has 0 atom stereocenters. The van der Waals surface area contributed by atoms with E-state index in [1.165, 1.54) is 71.2 Å². The Labute approximate surface area is 196 Å². The molecule has 1 aliphatic rings. The van der Waals surface area contributed by atoms with Crippen molar-refractivity contribution in [3.63, 3.8) is 0 Å². The van der Waals surface area contributed by atoms with Crippen molar-refractivity contribution < 1.29 is 0 Å². The van der Waals surface area contributed by atoms with Gasteiger partial charge >= 0.3 is 0 Å². The molecule has 7 aromatic rings. The second-order valence-corrected chi connectivity index (χ2v) is 9.43. The van der Waals surface area contributed by atoms with Gasteiger partial charge in [-0.2, -0.15) is 0 Å². The number of H-pyrrole nitrogens is 1. The van der Waals surface area contributed by atoms with Crippen molar-refractivity contribution in [2.24, 2.45) is 0 Å². The lowest BCUT2D eigenvalue weighted by atomic mass is 9.95. The second-order valence-electron chi connectivity index (χ2n) is 9.43. The number of aromatic nitrogens is 2. The third kappa shape index (κ3) is 2.40. The van der Waals surface area contributed by atoms with Crippen LogP contribution in [0.2, 0.25) is 0 Å². The zero-order valence-electron chi connectivity index (χ0n) is 18.7. The van der Waals surface area contributed by atoms with E-state index < -0.39 is 0 Å². The Bertz CT molecular complexity index is 1950. The van der Waals surface area contributed by atoms with Crippen LogP contribution in [-0.4, -0.2) is 9.55 Å². The molecule has 0 radical (unpaired) electrons. The highest BCUT2D eigenvalue weighted by Gasteiger charge is 2.18. The molecule has 2 heteroatoms. The summed E-state index contributed by atoms with van der Waals surface area (Å²) in [5.41, 5.74) is 8.95. The molecular weight excluding hydrogens is 412 g/mol. The van der Waals surface area contributed by atoms with Gasteiger partial charge in [-0.25, -0.2) is 0 Å². The van der Waals surface area contributed by atoms with Crippen LogP contribution in [0.3, 0.4) is 0 Å². The van der Waals surface area contributed by atoms with Gasteiger partial charge in [0.05, 0.1) is 11.0 Å². The quantitative estimate of drug-likeness (QED) is 0.267. The van der Waals surface area contributed by atoms with Gasteiger partial charge in [-0.3, -0.25) is 0 Å². The molecule has 0 saturated carbocycles. The van der Waals surface area contributed by atoms with E-state index in [1.807, 2.05) is 0 Å². The van der Waals surface area contributed by atoms with Crippen molar-refractivity contribution in [3.05, 3.63) is 108 Å². The van der Waals surface area contributed by atoms with E-state index in [-0.39, 0.29) is 0 Å². The van der Waals surface area contributed by atoms with Crippen LogP contribution >= 0.6 is 0 Å². The number of para-hydroxylation sites is 1. The van der Waals surface area contributed by atoms with Crippen molar-refractivity contribution in [1.82, 2.24) is 9.55 Å². The Hall–Kier alpha value is -4.30. The Balaban J connectivity index is 1.57. The maximum Gasteiger partial charge on any atom is 0.0619 e. The third-order valence-corrected chi connectivity index (χ3v) is 7.52. The van der Waals surface area contributed by atoms with Crippen molar-refractivity contribution in [2.45, 2.75) is 12.8 Å². The summed E-state index contributed by atoms with van der Waals surface area (Å²) in [5, 5.41) is 7.72. The van der Waals surface area contributed by atoms with E-state index >= 15 is 0 Å². The first kappa shape index (κ1) is 18.2. The number of allylic oxidation sites excluding steroid dienone is 1. The van der Waals surface area contributed by atoms with E-state index in [0.29, 0.717) is 0 Å². The molecule has 0 bridgehead atoms. The molecule has 34 heavy (non-hydrogen) atoms. The highest BCUT2D eigenvalue weighted by atomic mass is 15.0. The first-order valence-electron chi connectivity index (χ1n) is 12.0. The fourth-order valence-corrected chi connectivity index (χ4v) is 5.95. The van der Waals surface area contributed by atoms with Gasteiger partial charge in [-0.1, -0.05) is 66.7 Å². The molecule has 1 aliphatic carbocycles. The molecule has 0 aliphatic heterocycles. The molecule has 0 unspecified atom stereocenters. The van der Waals surface area contributed by atoms with Gasteiger partial charge in [0.2, 0.25) is 0 Å². The zero-order chi connectivity index (χ0) is 22.2. The molecule has 2 aromatic heterocycles. The number of rotatable bonds is 1. The van der Waals surface area contributed by atoms with Gasteiger partial charge < -0.3 is 9.55 Å². The van der Waals surface area contributed by atoms with Gasteiger partial charge in [0.25, 0.3) is 0 Å². The minimum atomic E-state index is 1.12. The molecule has 2 heterocycles. The first-order valence-corrected chi connectivity index (χ1v) is 12.0. The fourth-order valence-electron chi connectivity index (χ4n) is 5.95. The van der Waals surface area contributed by atoms with E-state index in [0.717, 1.165) is 12.8 Å². The predicted molar refractivity (Wildman–Crippen MR) is 145 cm³/mol. The van der Waals surface area contributed by atoms with E-state index in [2.05, 4.69) is 113 Å². The third-order valence-electron chi connectivity index (χ3n) is 7.52. The Kier molecular flexibility index (Phi) is 3.53. The lowest BCUT2D eigenvalue weighted by Crippen LogP contribution is -1.94. The normalized spacial score (nSPS) is 13.5. The van der Waals surface area contributed by atoms with Crippen LogP contribution in [-0.2, 0) is 6.42 Å². The number of nitrogens with zero attached hydrogens (tertiary/aromatic N) is 1. The van der Waals surface area contributed by atoms with Gasteiger partial charge in [-0.15, -0.1) is 0 Å². The summed E-state index contributed by atoms with van der Waals surface area (Å²) < 4.78 is 2.45. The van der Waals surface area contributed by atoms with E-state index in [1.54, 1.807) is 0 Å². The van der Waals surface area contributed by atoms with Crippen LogP contribution in [0.15, 0.2) is 97.1 Å². The van der Waals surface area contributed by atoms with E-state index in [4.69, 9.17) is 0 Å². The highest BCUT2D eigenvalue weighted by molar-refractivity contribution is 6.22. The minimum absolute atomic E-state index is 1.12. The van der Waals surface area contributed by atoms with Gasteiger partial charge in [0, 0.05) is 43.7 Å². The molecule has 160 valence electrons. The molecule has 5 aromatic carbocycles. The Morgan fingerprint density at radius 2 is 1.47 bits per heavy atom. The molecule has 8 rings (SSSR count). The zero-order valence-corrected chi connectivity index (χ0v) is 18.7. The van der Waals surface area contributed by atoms with Crippen molar-refractivity contribution in [1.29, 1.82) is 0 Å². The monoisotopic (exact) mass is 434 g/mol. The SMILES string of the molecule is C1=Cc2cc3c(cc2CC1)[nH]c1cc2c4ccc5ccccc5c4n(-c4ccccc4)c2cc13. The number of hydrogen-bond donors (Lipinski definition) is 1. The van der Waals surface area contributed by atoms with E-state index in [9.17, 15) is 0 Å². The predicted octanol–water partition coefficient (Wildman–Crippen LogP) is 8.53. The van der Waals surface area contributed by atoms with Gasteiger partial charge in [0.1, 0.15) is 0 Å². The van der Waals surface area contributed by atoms with Gasteiger partial charge in [0.15, 0.2) is 0 Å². The average molecular weight is 435 g/mol. The van der Waals surface area contributed by atoms with Crippen molar-refractivity contribution in [3.8, 4) is 5.69 Å². The highest BCUT2D eigenvalue weighted by Crippen LogP contribution is 2.40. The van der Waals surface area contributed by atoms with Gasteiger partial charge in [-0.05, 0) is 65.8 Å². The maximum atomic E-state index is 3.74. The number of fused-ring (bicyclic) bond motifs is 9. The Morgan fingerprint density at radius 1 is 0.647 bits per heavy atom. The minimum Gasteiger partial charge on any atom is -0.354 e. The summed E-state index contributed by atoms with van der Waals surface area (Å²) in [6, 6.07) is 33.5. The molecule has 0 spiro atoms. The second kappa shape index (κ2) is 6.61. The Morgan fingerprint density at radius 3 is 2.41 bits per heavy atom. The summed E-state index contributed by atoms with van der Waals surface area (Å²) in [6.45, 7) is 0. The number of benzene rings is 5. The topological polar surface area (TPSA) is 20.7 Å². The molecule has 0 saturated heterocycles. The molecule has 2 nitrogen and oxygen atoms in total. The van der Waals surface area contributed by atoms with Crippen molar-refractivity contribution >= 4 is 60.5 Å². The van der Waals surface area contributed by atoms with Crippen LogP contribution < -0.4 is 0 Å². The number of hydrogen-bond acceptors (Lipinski definition) is 0. The lowest BCUT2D eigenvalue weighted by molar-refractivity contribution is 0.988. The molecule has 1 N–H and O–H groups in total. The molecule has 0 fully saturated rings. The smallest absolute Gasteiger partial charge is 0.0619 e. The lowest BCUT2D eigenvalue weighted by Gasteiger charge is -2.10. The summed E-state index contributed by atoms with van der Waals surface area (Å²) in [7, 11) is 0. The van der Waals surface area contributed by atoms with Crippen LogP contribution in [0.25, 0.3) is 66.1 Å². The summed E-state index contributed by atoms with van der Waals surface area (Å²) in [6.07, 6.45) is 6.82. The summed E-state index contributed by atoms with van der Waals surface area (Å²) in [4.78, 5) is 3.74. The van der Waals surface area contributed by atoms with Crippen LogP contribution in [0.1, 0.15) is 17.5 Å². The van der Waals surface area contributed by atoms with Crippen molar-refractivity contribution in [2.75, 3.05) is 0 Å². The average Bonchev–Trinajstić information content (AvgIpc) is 3.41. The maximum absolute atomic E-state index is 3.74. The van der Waals surface area contributed by atoms with Crippen LogP contribution in [0.4, 0.5) is 0 Å². The fraction of sp³-hybridized carbons (Fsp3) is 0.0625. The van der Waals surface area contributed by atoms with Crippen LogP contribution in [0, 0.1) is 0 Å².